The van der Waals surface area contributed by atoms with E-state index in [4.69, 9.17) is 5.73 Å². The SMILES string of the molecule is CCCn1ccnc1C(N)C1CCCc2sccc21. The van der Waals surface area contributed by atoms with Crippen LogP contribution in [0.4, 0.5) is 0 Å². The molecule has 2 aromatic heterocycles. The van der Waals surface area contributed by atoms with Crippen LogP contribution in [0.1, 0.15) is 54.4 Å². The Morgan fingerprint density at radius 3 is 3.32 bits per heavy atom. The summed E-state index contributed by atoms with van der Waals surface area (Å²) in [7, 11) is 0. The van der Waals surface area contributed by atoms with Crippen molar-refractivity contribution in [3.05, 3.63) is 40.1 Å². The van der Waals surface area contributed by atoms with Gasteiger partial charge < -0.3 is 10.3 Å². The van der Waals surface area contributed by atoms with Crippen molar-refractivity contribution in [1.29, 1.82) is 0 Å². The summed E-state index contributed by atoms with van der Waals surface area (Å²) in [5.41, 5.74) is 8.01. The molecule has 0 amide bonds. The van der Waals surface area contributed by atoms with Crippen LogP contribution in [0.2, 0.25) is 0 Å². The average molecular weight is 275 g/mol. The third-order valence-corrected chi connectivity index (χ3v) is 5.04. The lowest BCUT2D eigenvalue weighted by Gasteiger charge is -2.28. The smallest absolute Gasteiger partial charge is 0.126 e. The lowest BCUT2D eigenvalue weighted by Crippen LogP contribution is -2.26. The van der Waals surface area contributed by atoms with E-state index in [1.165, 1.54) is 29.7 Å². The van der Waals surface area contributed by atoms with Crippen LogP contribution in [-0.4, -0.2) is 9.55 Å². The molecule has 0 saturated carbocycles. The monoisotopic (exact) mass is 275 g/mol. The maximum absolute atomic E-state index is 6.54. The summed E-state index contributed by atoms with van der Waals surface area (Å²) in [4.78, 5) is 6.04. The molecule has 0 radical (unpaired) electrons. The molecule has 0 saturated heterocycles. The van der Waals surface area contributed by atoms with E-state index in [9.17, 15) is 0 Å². The number of hydrogen-bond donors (Lipinski definition) is 1. The highest BCUT2D eigenvalue weighted by atomic mass is 32.1. The van der Waals surface area contributed by atoms with Crippen LogP contribution in [0.5, 0.6) is 0 Å². The molecule has 3 nitrogen and oxygen atoms in total. The van der Waals surface area contributed by atoms with Gasteiger partial charge in [-0.3, -0.25) is 0 Å². The summed E-state index contributed by atoms with van der Waals surface area (Å²) in [5, 5.41) is 2.20. The Bertz CT molecular complexity index is 543. The van der Waals surface area contributed by atoms with Gasteiger partial charge in [-0.05, 0) is 42.7 Å². The summed E-state index contributed by atoms with van der Waals surface area (Å²) in [5.74, 6) is 1.49. The van der Waals surface area contributed by atoms with Crippen molar-refractivity contribution in [1.82, 2.24) is 9.55 Å². The molecule has 2 unspecified atom stereocenters. The highest BCUT2D eigenvalue weighted by molar-refractivity contribution is 7.10. The van der Waals surface area contributed by atoms with Crippen LogP contribution in [0.3, 0.4) is 0 Å². The number of thiophene rings is 1. The van der Waals surface area contributed by atoms with Gasteiger partial charge in [-0.25, -0.2) is 4.98 Å². The van der Waals surface area contributed by atoms with Crippen molar-refractivity contribution in [2.75, 3.05) is 0 Å². The Labute approximate surface area is 118 Å². The Morgan fingerprint density at radius 1 is 1.58 bits per heavy atom. The summed E-state index contributed by atoms with van der Waals surface area (Å²) in [6.45, 7) is 3.19. The molecule has 19 heavy (non-hydrogen) atoms. The van der Waals surface area contributed by atoms with Gasteiger partial charge in [0.25, 0.3) is 0 Å². The number of fused-ring (bicyclic) bond motifs is 1. The van der Waals surface area contributed by atoms with E-state index >= 15 is 0 Å². The van der Waals surface area contributed by atoms with Crippen molar-refractivity contribution >= 4 is 11.3 Å². The number of nitrogens with zero attached hydrogens (tertiary/aromatic N) is 2. The minimum absolute atomic E-state index is 0.0233. The third kappa shape index (κ3) is 2.35. The summed E-state index contributed by atoms with van der Waals surface area (Å²) >= 11 is 1.88. The maximum Gasteiger partial charge on any atom is 0.126 e. The maximum atomic E-state index is 6.54. The number of aromatic nitrogens is 2. The molecule has 2 atom stereocenters. The molecular weight excluding hydrogens is 254 g/mol. The van der Waals surface area contributed by atoms with Gasteiger partial charge in [-0.1, -0.05) is 6.92 Å². The summed E-state index contributed by atoms with van der Waals surface area (Å²) in [6.07, 6.45) is 8.70. The molecule has 1 aliphatic carbocycles. The Morgan fingerprint density at radius 2 is 2.47 bits per heavy atom. The van der Waals surface area contributed by atoms with E-state index in [1.807, 2.05) is 17.5 Å². The van der Waals surface area contributed by atoms with E-state index in [-0.39, 0.29) is 6.04 Å². The first-order chi connectivity index (χ1) is 9.31. The highest BCUT2D eigenvalue weighted by Gasteiger charge is 2.29. The minimum Gasteiger partial charge on any atom is -0.334 e. The molecule has 1 aliphatic rings. The van der Waals surface area contributed by atoms with Crippen molar-refractivity contribution in [3.8, 4) is 0 Å². The standard InChI is InChI=1S/C15H21N3S/c1-2-8-18-9-7-17-15(18)14(16)12-4-3-5-13-11(12)6-10-19-13/h6-7,9-10,12,14H,2-5,8,16H2,1H3. The van der Waals surface area contributed by atoms with Crippen molar-refractivity contribution in [2.45, 2.75) is 51.1 Å². The quantitative estimate of drug-likeness (QED) is 0.928. The predicted octanol–water partition coefficient (Wildman–Crippen LogP) is 3.47. The molecule has 0 bridgehead atoms. The largest absolute Gasteiger partial charge is 0.334 e. The van der Waals surface area contributed by atoms with Crippen LogP contribution >= 0.6 is 11.3 Å². The fourth-order valence-electron chi connectivity index (χ4n) is 3.12. The van der Waals surface area contributed by atoms with Crippen molar-refractivity contribution < 1.29 is 0 Å². The number of imidazole rings is 1. The Hall–Kier alpha value is -1.13. The van der Waals surface area contributed by atoms with Crippen LogP contribution in [0.15, 0.2) is 23.8 Å². The number of hydrogen-bond acceptors (Lipinski definition) is 3. The lowest BCUT2D eigenvalue weighted by atomic mass is 9.82. The molecule has 0 spiro atoms. The van der Waals surface area contributed by atoms with E-state index in [1.54, 1.807) is 0 Å². The summed E-state index contributed by atoms with van der Waals surface area (Å²) in [6, 6.07) is 2.28. The lowest BCUT2D eigenvalue weighted by molar-refractivity contribution is 0.445. The van der Waals surface area contributed by atoms with Gasteiger partial charge in [0, 0.05) is 29.7 Å². The van der Waals surface area contributed by atoms with E-state index in [0.717, 1.165) is 18.8 Å². The van der Waals surface area contributed by atoms with E-state index in [0.29, 0.717) is 5.92 Å². The molecule has 3 rings (SSSR count). The van der Waals surface area contributed by atoms with Gasteiger partial charge in [-0.15, -0.1) is 11.3 Å². The zero-order valence-electron chi connectivity index (χ0n) is 11.4. The average Bonchev–Trinajstić information content (AvgIpc) is 3.06. The predicted molar refractivity (Wildman–Crippen MR) is 79.4 cm³/mol. The first-order valence-electron chi connectivity index (χ1n) is 7.14. The topological polar surface area (TPSA) is 43.8 Å². The zero-order chi connectivity index (χ0) is 13.2. The van der Waals surface area contributed by atoms with Crippen LogP contribution in [0, 0.1) is 0 Å². The van der Waals surface area contributed by atoms with Gasteiger partial charge in [-0.2, -0.15) is 0 Å². The van der Waals surface area contributed by atoms with Gasteiger partial charge in [0.2, 0.25) is 0 Å². The summed E-state index contributed by atoms with van der Waals surface area (Å²) < 4.78 is 2.21. The van der Waals surface area contributed by atoms with Crippen LogP contribution in [0.25, 0.3) is 0 Å². The molecule has 2 N–H and O–H groups in total. The molecule has 4 heteroatoms. The van der Waals surface area contributed by atoms with Gasteiger partial charge in [0.05, 0.1) is 6.04 Å². The van der Waals surface area contributed by atoms with Crippen LogP contribution in [-0.2, 0) is 13.0 Å². The second-order valence-electron chi connectivity index (χ2n) is 5.30. The second kappa shape index (κ2) is 5.47. The van der Waals surface area contributed by atoms with Crippen LogP contribution < -0.4 is 5.73 Å². The molecule has 0 aliphatic heterocycles. The van der Waals surface area contributed by atoms with Gasteiger partial charge >= 0.3 is 0 Å². The zero-order valence-corrected chi connectivity index (χ0v) is 12.2. The number of rotatable bonds is 4. The first-order valence-corrected chi connectivity index (χ1v) is 8.02. The van der Waals surface area contributed by atoms with Crippen molar-refractivity contribution in [2.24, 2.45) is 5.73 Å². The fraction of sp³-hybridized carbons (Fsp3) is 0.533. The molecule has 2 heterocycles. The second-order valence-corrected chi connectivity index (χ2v) is 6.30. The van der Waals surface area contributed by atoms with Crippen molar-refractivity contribution in [3.63, 3.8) is 0 Å². The Kier molecular flexibility index (Phi) is 3.71. The highest BCUT2D eigenvalue weighted by Crippen LogP contribution is 2.40. The molecular formula is C15H21N3S. The molecule has 2 aromatic rings. The fourth-order valence-corrected chi connectivity index (χ4v) is 4.12. The number of nitrogens with two attached hydrogens (primary N) is 1. The minimum atomic E-state index is 0.0233. The van der Waals surface area contributed by atoms with E-state index in [2.05, 4.69) is 34.1 Å². The number of aryl methyl sites for hydroxylation is 2. The molecule has 0 fully saturated rings. The molecule has 0 aromatic carbocycles. The van der Waals surface area contributed by atoms with Gasteiger partial charge in [0.15, 0.2) is 0 Å². The van der Waals surface area contributed by atoms with Gasteiger partial charge in [0.1, 0.15) is 5.82 Å². The van der Waals surface area contributed by atoms with E-state index < -0.39 is 0 Å². The third-order valence-electron chi connectivity index (χ3n) is 4.04. The molecule has 102 valence electrons. The Balaban J connectivity index is 1.89. The normalized spacial score (nSPS) is 20.2. The first kappa shape index (κ1) is 12.9.